The van der Waals surface area contributed by atoms with Crippen LogP contribution in [0.15, 0.2) is 48.9 Å². The van der Waals surface area contributed by atoms with Gasteiger partial charge in [0.05, 0.1) is 12.6 Å². The maximum absolute atomic E-state index is 13.0. The van der Waals surface area contributed by atoms with Gasteiger partial charge in [-0.2, -0.15) is 0 Å². The molecule has 2 aromatic carbocycles. The van der Waals surface area contributed by atoms with E-state index >= 15 is 0 Å². The quantitative estimate of drug-likeness (QED) is 0.334. The van der Waals surface area contributed by atoms with Gasteiger partial charge in [-0.1, -0.05) is 59.2 Å². The summed E-state index contributed by atoms with van der Waals surface area (Å²) in [5.74, 6) is 0.755. The van der Waals surface area contributed by atoms with Gasteiger partial charge in [-0.25, -0.2) is 14.4 Å². The third-order valence-corrected chi connectivity index (χ3v) is 7.15. The third-order valence-electron chi connectivity index (χ3n) is 7.15. The molecule has 4 nitrogen and oxygen atoms in total. The summed E-state index contributed by atoms with van der Waals surface area (Å²) < 4.78 is 18.1. The lowest BCUT2D eigenvalue weighted by atomic mass is 9.78. The molecule has 1 aliphatic rings. The highest BCUT2D eigenvalue weighted by Gasteiger charge is 2.36. The molecule has 0 spiro atoms. The molecular formula is C33H50FN3O. The van der Waals surface area contributed by atoms with E-state index in [0.717, 1.165) is 39.0 Å². The van der Waals surface area contributed by atoms with Crippen LogP contribution in [0.4, 0.5) is 4.39 Å². The summed E-state index contributed by atoms with van der Waals surface area (Å²) in [5, 5.41) is 1.07. The van der Waals surface area contributed by atoms with E-state index in [1.165, 1.54) is 44.3 Å². The van der Waals surface area contributed by atoms with Crippen molar-refractivity contribution in [2.45, 2.75) is 87.5 Å². The van der Waals surface area contributed by atoms with Crippen LogP contribution in [0.1, 0.15) is 82.2 Å². The van der Waals surface area contributed by atoms with Crippen molar-refractivity contribution in [1.82, 2.24) is 14.9 Å². The molecule has 2 heterocycles. The van der Waals surface area contributed by atoms with Crippen molar-refractivity contribution >= 4 is 10.9 Å². The summed E-state index contributed by atoms with van der Waals surface area (Å²) in [4.78, 5) is 10.6. The van der Waals surface area contributed by atoms with Crippen molar-refractivity contribution in [3.63, 3.8) is 0 Å². The van der Waals surface area contributed by atoms with Gasteiger partial charge in [0.25, 0.3) is 0 Å². The fourth-order valence-corrected chi connectivity index (χ4v) is 4.97. The fraction of sp³-hybridized carbons (Fsp3) is 0.515. The zero-order valence-electron chi connectivity index (χ0n) is 25.5. The van der Waals surface area contributed by atoms with Crippen LogP contribution in [0.25, 0.3) is 10.9 Å². The zero-order valence-corrected chi connectivity index (χ0v) is 25.5. The summed E-state index contributed by atoms with van der Waals surface area (Å²) in [6.45, 7) is 21.4. The highest BCUT2D eigenvalue weighted by atomic mass is 19.1. The molecule has 210 valence electrons. The summed E-state index contributed by atoms with van der Waals surface area (Å²) >= 11 is 0. The molecule has 0 saturated carbocycles. The third kappa shape index (κ3) is 9.11. The first-order valence-corrected chi connectivity index (χ1v) is 13.9. The number of rotatable bonds is 5. The van der Waals surface area contributed by atoms with Crippen LogP contribution in [0.2, 0.25) is 0 Å². The molecule has 4 rings (SSSR count). The van der Waals surface area contributed by atoms with E-state index in [1.807, 2.05) is 52.0 Å². The lowest BCUT2D eigenvalue weighted by Gasteiger charge is -2.27. The van der Waals surface area contributed by atoms with Crippen LogP contribution in [0.5, 0.6) is 5.75 Å². The van der Waals surface area contributed by atoms with Crippen molar-refractivity contribution in [3.8, 4) is 5.75 Å². The highest BCUT2D eigenvalue weighted by Crippen LogP contribution is 2.43. The Kier molecular flexibility index (Phi) is 14.0. The molecular weight excluding hydrogens is 473 g/mol. The summed E-state index contributed by atoms with van der Waals surface area (Å²) in [5.41, 5.74) is 6.32. The molecule has 0 unspecified atom stereocenters. The second-order valence-electron chi connectivity index (χ2n) is 10.1. The Morgan fingerprint density at radius 1 is 0.974 bits per heavy atom. The lowest BCUT2D eigenvalue weighted by molar-refractivity contribution is 0.237. The van der Waals surface area contributed by atoms with Crippen molar-refractivity contribution < 1.29 is 9.13 Å². The molecule has 5 heteroatoms. The number of likely N-dealkylation sites (tertiary alicyclic amines) is 1. The highest BCUT2D eigenvalue weighted by molar-refractivity contribution is 5.81. The molecule has 0 radical (unpaired) electrons. The Morgan fingerprint density at radius 2 is 1.58 bits per heavy atom. The number of benzene rings is 2. The Balaban J connectivity index is 0.000000278. The van der Waals surface area contributed by atoms with Gasteiger partial charge in [-0.15, -0.1) is 0 Å². The van der Waals surface area contributed by atoms with Crippen molar-refractivity contribution in [2.75, 3.05) is 20.7 Å². The Hall–Kier alpha value is -2.95. The zero-order chi connectivity index (χ0) is 28.9. The molecule has 0 atom stereocenters. The van der Waals surface area contributed by atoms with Crippen LogP contribution in [0.3, 0.4) is 0 Å². The largest absolute Gasteiger partial charge is 0.497 e. The smallest absolute Gasteiger partial charge is 0.129 e. The summed E-state index contributed by atoms with van der Waals surface area (Å²) in [7, 11) is 3.82. The second-order valence-corrected chi connectivity index (χ2v) is 10.1. The van der Waals surface area contributed by atoms with Crippen LogP contribution in [-0.2, 0) is 0 Å². The van der Waals surface area contributed by atoms with Gasteiger partial charge in [0.1, 0.15) is 17.9 Å². The first kappa shape index (κ1) is 33.1. The number of aryl methyl sites for hydroxylation is 3. The normalized spacial score (nSPS) is 13.6. The van der Waals surface area contributed by atoms with E-state index in [-0.39, 0.29) is 5.82 Å². The van der Waals surface area contributed by atoms with E-state index in [9.17, 15) is 4.39 Å². The van der Waals surface area contributed by atoms with Gasteiger partial charge in [-0.3, -0.25) is 0 Å². The van der Waals surface area contributed by atoms with E-state index in [1.54, 1.807) is 33.4 Å². The number of ether oxygens (including phenoxy) is 1. The first-order chi connectivity index (χ1) is 18.1. The lowest BCUT2D eigenvalue weighted by Crippen LogP contribution is -2.24. The van der Waals surface area contributed by atoms with Crippen LogP contribution in [0, 0.1) is 38.9 Å². The maximum Gasteiger partial charge on any atom is 0.129 e. The maximum atomic E-state index is 13.0. The van der Waals surface area contributed by atoms with Gasteiger partial charge in [-0.05, 0) is 81.2 Å². The predicted molar refractivity (Wildman–Crippen MR) is 161 cm³/mol. The number of halogens is 1. The van der Waals surface area contributed by atoms with Crippen molar-refractivity contribution in [1.29, 1.82) is 0 Å². The number of hydrogen-bond donors (Lipinski definition) is 0. The molecule has 0 bridgehead atoms. The molecule has 3 aromatic rings. The van der Waals surface area contributed by atoms with Crippen LogP contribution in [-0.4, -0.2) is 35.6 Å². The monoisotopic (exact) mass is 523 g/mol. The number of fused-ring (bicyclic) bond motifs is 1. The summed E-state index contributed by atoms with van der Waals surface area (Å²) in [6, 6.07) is 9.54. The van der Waals surface area contributed by atoms with Crippen LogP contribution >= 0.6 is 0 Å². The number of aromatic nitrogens is 2. The second kappa shape index (κ2) is 16.1. The Bertz CT molecular complexity index is 1130. The van der Waals surface area contributed by atoms with E-state index in [4.69, 9.17) is 4.74 Å². The first-order valence-electron chi connectivity index (χ1n) is 13.9. The Labute approximate surface area is 231 Å². The molecule has 0 amide bonds. The number of methoxy groups -OCH3 is 1. The van der Waals surface area contributed by atoms with E-state index in [2.05, 4.69) is 42.3 Å². The standard InChI is InChI=1S/C12H23N.C10H10N2O.C9H11F.C2H6/c1-5-7-12(8-6-2)9-11(3)13(4)10-12;1-7-9-4-3-8(13-2)5-10(9)12-6-11-7;1-6-4-5-7(2)9(10)8(6)3;1-2/h3,5-10H2,1-2,4H3;3-6H,1-2H3;4-5H,1-3H3;1-2H3. The van der Waals surface area contributed by atoms with E-state index < -0.39 is 0 Å². The molecule has 1 aromatic heterocycles. The van der Waals surface area contributed by atoms with Crippen LogP contribution < -0.4 is 4.74 Å². The fourth-order valence-electron chi connectivity index (χ4n) is 4.97. The minimum atomic E-state index is -0.0694. The predicted octanol–water partition coefficient (Wildman–Crippen LogP) is 9.15. The number of allylic oxidation sites excluding steroid dienone is 1. The van der Waals surface area contributed by atoms with Gasteiger partial charge >= 0.3 is 0 Å². The Morgan fingerprint density at radius 3 is 2.08 bits per heavy atom. The van der Waals surface area contributed by atoms with Gasteiger partial charge < -0.3 is 9.64 Å². The van der Waals surface area contributed by atoms with E-state index in [0.29, 0.717) is 5.41 Å². The van der Waals surface area contributed by atoms with Gasteiger partial charge in [0.15, 0.2) is 0 Å². The van der Waals surface area contributed by atoms with Crippen molar-refractivity contribution in [2.24, 2.45) is 5.41 Å². The average molecular weight is 524 g/mol. The number of nitrogens with zero attached hydrogens (tertiary/aromatic N) is 3. The molecule has 1 fully saturated rings. The molecule has 0 aliphatic carbocycles. The topological polar surface area (TPSA) is 38.2 Å². The molecule has 38 heavy (non-hydrogen) atoms. The SMILES string of the molecule is C=C1CC(CCC)(CCC)CN1C.CC.COc1ccc2c(C)ncnc2c1.Cc1ccc(C)c(F)c1C. The summed E-state index contributed by atoms with van der Waals surface area (Å²) in [6.07, 6.45) is 8.14. The molecule has 1 saturated heterocycles. The average Bonchev–Trinajstić information content (AvgIpc) is 3.19. The molecule has 1 aliphatic heterocycles. The molecule has 0 N–H and O–H groups in total. The number of hydrogen-bond acceptors (Lipinski definition) is 4. The van der Waals surface area contributed by atoms with Gasteiger partial charge in [0.2, 0.25) is 0 Å². The minimum Gasteiger partial charge on any atom is -0.497 e. The van der Waals surface area contributed by atoms with Gasteiger partial charge in [0, 0.05) is 36.4 Å². The minimum absolute atomic E-state index is 0.0694. The van der Waals surface area contributed by atoms with Crippen molar-refractivity contribution in [3.05, 3.63) is 77.1 Å².